The third-order valence-corrected chi connectivity index (χ3v) is 4.10. The van der Waals surface area contributed by atoms with E-state index >= 15 is 0 Å². The number of nitrogens with zero attached hydrogens (tertiary/aromatic N) is 4. The Morgan fingerprint density at radius 3 is 1.87 bits per heavy atom. The molecule has 0 spiro atoms. The molecule has 3 rings (SSSR count). The molecule has 0 saturated carbocycles. The van der Waals surface area contributed by atoms with Gasteiger partial charge in [-0.25, -0.2) is 14.6 Å². The Hall–Kier alpha value is -2.68. The maximum Gasteiger partial charge on any atom is 0.573 e. The quantitative estimate of drug-likeness (QED) is 0.461. The van der Waals surface area contributed by atoms with Gasteiger partial charge in [-0.1, -0.05) is 23.2 Å². The van der Waals surface area contributed by atoms with Crippen LogP contribution in [-0.2, 0) is 12.4 Å². The molecule has 2 N–H and O–H groups in total. The van der Waals surface area contributed by atoms with Crippen molar-refractivity contribution in [3.63, 3.8) is 0 Å². The fourth-order valence-electron chi connectivity index (χ4n) is 2.45. The van der Waals surface area contributed by atoms with Gasteiger partial charge in [-0.05, 0) is 0 Å². The first-order valence-corrected chi connectivity index (χ1v) is 8.20. The summed E-state index contributed by atoms with van der Waals surface area (Å²) >= 11 is 11.7. The van der Waals surface area contributed by atoms with Crippen LogP contribution in [0.2, 0.25) is 10.0 Å². The van der Waals surface area contributed by atoms with Gasteiger partial charge in [0.05, 0.1) is 15.4 Å². The van der Waals surface area contributed by atoms with E-state index in [0.29, 0.717) is 16.8 Å². The molecule has 0 fully saturated rings. The molecule has 0 bridgehead atoms. The van der Waals surface area contributed by atoms with E-state index in [1.165, 1.54) is 0 Å². The molecular formula is C14H4Cl2F9N5O. The van der Waals surface area contributed by atoms with E-state index < -0.39 is 68.6 Å². The number of anilines is 1. The topological polar surface area (TPSA) is 78.9 Å². The molecule has 3 aromatic rings. The highest BCUT2D eigenvalue weighted by Gasteiger charge is 2.43. The number of hydrogen-bond acceptors (Lipinski definition) is 5. The molecule has 17 heteroatoms. The van der Waals surface area contributed by atoms with Crippen LogP contribution in [0.15, 0.2) is 12.1 Å². The van der Waals surface area contributed by atoms with Crippen molar-refractivity contribution in [2.24, 2.45) is 0 Å². The zero-order valence-electron chi connectivity index (χ0n) is 14.1. The third kappa shape index (κ3) is 4.51. The van der Waals surface area contributed by atoms with Gasteiger partial charge in [0, 0.05) is 12.1 Å². The fraction of sp³-hybridized carbons (Fsp3) is 0.214. The van der Waals surface area contributed by atoms with E-state index in [4.69, 9.17) is 28.9 Å². The lowest BCUT2D eigenvalue weighted by Crippen LogP contribution is -2.17. The van der Waals surface area contributed by atoms with E-state index in [1.54, 1.807) is 0 Å². The van der Waals surface area contributed by atoms with Crippen LogP contribution in [-0.4, -0.2) is 26.1 Å². The Bertz CT molecular complexity index is 1150. The standard InChI is InChI=1S/C14H4Cl2F9N5O/c15-4-1-3(31-14(23,24)25)2-5(16)7(4)30-9(26)6-8(12(17,18)19)27-11(13(20,21)22)28-10(6)29-30/h1-2H,26H2. The molecule has 0 unspecified atom stereocenters. The minimum absolute atomic E-state index is 0.400. The van der Waals surface area contributed by atoms with Gasteiger partial charge < -0.3 is 10.5 Å². The van der Waals surface area contributed by atoms with Gasteiger partial charge in [0.15, 0.2) is 11.3 Å². The van der Waals surface area contributed by atoms with Crippen molar-refractivity contribution in [1.29, 1.82) is 0 Å². The second-order valence-corrected chi connectivity index (χ2v) is 6.48. The molecule has 6 nitrogen and oxygen atoms in total. The average molecular weight is 500 g/mol. The summed E-state index contributed by atoms with van der Waals surface area (Å²) in [5.74, 6) is -3.93. The minimum atomic E-state index is -5.39. The Kier molecular flexibility index (Phi) is 5.33. The van der Waals surface area contributed by atoms with Gasteiger partial charge in [0.1, 0.15) is 17.3 Å². The lowest BCUT2D eigenvalue weighted by molar-refractivity contribution is -0.274. The zero-order chi connectivity index (χ0) is 23.5. The van der Waals surface area contributed by atoms with Crippen molar-refractivity contribution in [2.45, 2.75) is 18.7 Å². The van der Waals surface area contributed by atoms with Gasteiger partial charge in [-0.3, -0.25) is 0 Å². The highest BCUT2D eigenvalue weighted by Crippen LogP contribution is 2.41. The first-order valence-electron chi connectivity index (χ1n) is 7.45. The number of nitrogen functional groups attached to an aromatic ring is 1. The van der Waals surface area contributed by atoms with Crippen LogP contribution in [0, 0.1) is 0 Å². The molecule has 0 aliphatic heterocycles. The molecule has 0 aliphatic rings. The molecular weight excluding hydrogens is 496 g/mol. The lowest BCUT2D eigenvalue weighted by atomic mass is 10.2. The number of rotatable bonds is 2. The molecule has 0 atom stereocenters. The first kappa shape index (κ1) is 23.0. The van der Waals surface area contributed by atoms with Gasteiger partial charge in [0.2, 0.25) is 5.82 Å². The summed E-state index contributed by atoms with van der Waals surface area (Å²) in [6.45, 7) is 0. The summed E-state index contributed by atoms with van der Waals surface area (Å²) < 4.78 is 120. The predicted molar refractivity (Wildman–Crippen MR) is 87.8 cm³/mol. The number of ether oxygens (including phenoxy) is 1. The smallest absolute Gasteiger partial charge is 0.406 e. The van der Waals surface area contributed by atoms with Crippen molar-refractivity contribution in [3.05, 3.63) is 33.7 Å². The summed E-state index contributed by atoms with van der Waals surface area (Å²) in [6.07, 6.45) is -15.8. The van der Waals surface area contributed by atoms with Crippen LogP contribution in [0.3, 0.4) is 0 Å². The molecule has 0 radical (unpaired) electrons. The molecule has 168 valence electrons. The van der Waals surface area contributed by atoms with Crippen LogP contribution in [0.4, 0.5) is 45.3 Å². The molecule has 0 amide bonds. The molecule has 31 heavy (non-hydrogen) atoms. The van der Waals surface area contributed by atoms with E-state index in [-0.39, 0.29) is 0 Å². The summed E-state index contributed by atoms with van der Waals surface area (Å²) in [4.78, 5) is 5.45. The Labute approximate surface area is 174 Å². The average Bonchev–Trinajstić information content (AvgIpc) is 2.87. The van der Waals surface area contributed by atoms with Crippen LogP contribution >= 0.6 is 23.2 Å². The number of hydrogen-bond donors (Lipinski definition) is 1. The van der Waals surface area contributed by atoms with E-state index in [2.05, 4.69) is 19.8 Å². The highest BCUT2D eigenvalue weighted by molar-refractivity contribution is 6.38. The van der Waals surface area contributed by atoms with E-state index in [9.17, 15) is 39.5 Å². The largest absolute Gasteiger partial charge is 0.573 e. The maximum atomic E-state index is 13.3. The minimum Gasteiger partial charge on any atom is -0.406 e. The molecule has 1 aromatic carbocycles. The van der Waals surface area contributed by atoms with Crippen LogP contribution in [0.5, 0.6) is 5.75 Å². The van der Waals surface area contributed by atoms with Gasteiger partial charge in [0.25, 0.3) is 0 Å². The Morgan fingerprint density at radius 1 is 0.871 bits per heavy atom. The maximum absolute atomic E-state index is 13.3. The van der Waals surface area contributed by atoms with Gasteiger partial charge >= 0.3 is 18.7 Å². The normalized spacial score (nSPS) is 13.1. The Balaban J connectivity index is 2.29. The number of nitrogens with two attached hydrogens (primary N) is 1. The van der Waals surface area contributed by atoms with Crippen molar-refractivity contribution >= 4 is 40.1 Å². The summed E-state index contributed by atoms with van der Waals surface area (Å²) in [5.41, 5.74) is 1.95. The van der Waals surface area contributed by atoms with Crippen molar-refractivity contribution in [2.75, 3.05) is 5.73 Å². The van der Waals surface area contributed by atoms with Crippen molar-refractivity contribution in [3.8, 4) is 11.4 Å². The predicted octanol–water partition coefficient (Wildman–Crippen LogP) is 5.64. The third-order valence-electron chi connectivity index (χ3n) is 3.53. The SMILES string of the molecule is Nc1c2c(C(F)(F)F)nc(C(F)(F)F)nc2nn1-c1c(Cl)cc(OC(F)(F)F)cc1Cl. The summed E-state index contributed by atoms with van der Waals surface area (Å²) in [6, 6.07) is 1.19. The number of aromatic nitrogens is 4. The van der Waals surface area contributed by atoms with Gasteiger partial charge in [-0.15, -0.1) is 18.3 Å². The molecule has 0 aliphatic carbocycles. The number of fused-ring (bicyclic) bond motifs is 1. The second-order valence-electron chi connectivity index (χ2n) is 5.67. The number of halogens is 11. The second kappa shape index (κ2) is 7.19. The lowest BCUT2D eigenvalue weighted by Gasteiger charge is -2.13. The highest BCUT2D eigenvalue weighted by atomic mass is 35.5. The summed E-state index contributed by atoms with van der Waals surface area (Å²) in [5, 5.41) is 1.13. The van der Waals surface area contributed by atoms with Crippen molar-refractivity contribution in [1.82, 2.24) is 19.7 Å². The molecule has 2 aromatic heterocycles. The van der Waals surface area contributed by atoms with Crippen molar-refractivity contribution < 1.29 is 44.3 Å². The zero-order valence-corrected chi connectivity index (χ0v) is 15.6. The number of benzene rings is 1. The molecule has 2 heterocycles. The van der Waals surface area contributed by atoms with Crippen LogP contribution in [0.25, 0.3) is 16.7 Å². The van der Waals surface area contributed by atoms with Gasteiger partial charge in [-0.2, -0.15) is 26.3 Å². The molecule has 0 saturated heterocycles. The monoisotopic (exact) mass is 499 g/mol. The van der Waals surface area contributed by atoms with E-state index in [0.717, 1.165) is 0 Å². The fourth-order valence-corrected chi connectivity index (χ4v) is 3.08. The van der Waals surface area contributed by atoms with Crippen LogP contribution < -0.4 is 10.5 Å². The summed E-state index contributed by atoms with van der Waals surface area (Å²) in [7, 11) is 0. The van der Waals surface area contributed by atoms with Crippen LogP contribution in [0.1, 0.15) is 11.5 Å². The van der Waals surface area contributed by atoms with E-state index in [1.807, 2.05) is 0 Å². The Morgan fingerprint density at radius 2 is 1.42 bits per heavy atom. The number of alkyl halides is 9. The first-order chi connectivity index (χ1) is 14.0.